The molecular formula is C14H14N2O3. The second-order valence-electron chi connectivity index (χ2n) is 4.26. The van der Waals surface area contributed by atoms with E-state index in [0.717, 1.165) is 5.56 Å². The first-order valence-corrected chi connectivity index (χ1v) is 5.92. The molecular weight excluding hydrogens is 244 g/mol. The Bertz CT molecular complexity index is 548. The number of carbonyl (C=O) groups excluding carboxylic acids is 1. The van der Waals surface area contributed by atoms with Crippen LogP contribution < -0.4 is 10.2 Å². The Labute approximate surface area is 111 Å². The minimum Gasteiger partial charge on any atom is -0.480 e. The Morgan fingerprint density at radius 3 is 2.89 bits per heavy atom. The van der Waals surface area contributed by atoms with Gasteiger partial charge in [0.05, 0.1) is 13.1 Å². The fraction of sp³-hybridized carbons (Fsp3) is 0.286. The van der Waals surface area contributed by atoms with E-state index in [1.54, 1.807) is 12.1 Å². The molecule has 19 heavy (non-hydrogen) atoms. The highest BCUT2D eigenvalue weighted by molar-refractivity contribution is 6.02. The molecule has 0 unspecified atom stereocenters. The zero-order valence-corrected chi connectivity index (χ0v) is 10.3. The molecule has 0 fully saturated rings. The maximum Gasteiger partial charge on any atom is 0.327 e. The van der Waals surface area contributed by atoms with E-state index in [2.05, 4.69) is 11.2 Å². The second kappa shape index (κ2) is 5.55. The molecule has 0 bridgehead atoms. The van der Waals surface area contributed by atoms with E-state index in [1.807, 2.05) is 12.1 Å². The summed E-state index contributed by atoms with van der Waals surface area (Å²) >= 11 is 0. The molecule has 1 aliphatic rings. The van der Waals surface area contributed by atoms with Crippen LogP contribution in [-0.4, -0.2) is 36.1 Å². The van der Waals surface area contributed by atoms with E-state index in [0.29, 0.717) is 12.1 Å². The standard InChI is InChI=1S/C14H14N2O3/c1-2-7-15-9-13(17)16-11-6-4-3-5-10(11)8-12(16)14(18)19/h1,3-6,12,15H,7-9H2,(H,18,19)/t12-/m0/s1. The Hall–Kier alpha value is -2.32. The zero-order chi connectivity index (χ0) is 13.8. The van der Waals surface area contributed by atoms with Gasteiger partial charge in [-0.3, -0.25) is 15.0 Å². The average molecular weight is 258 g/mol. The number of anilines is 1. The van der Waals surface area contributed by atoms with Crippen LogP contribution in [-0.2, 0) is 16.0 Å². The molecule has 5 heteroatoms. The molecule has 1 amide bonds. The number of hydrogen-bond donors (Lipinski definition) is 2. The SMILES string of the molecule is C#CCNCC(=O)N1c2ccccc2C[C@H]1C(=O)O. The number of carbonyl (C=O) groups is 2. The summed E-state index contributed by atoms with van der Waals surface area (Å²) < 4.78 is 0. The van der Waals surface area contributed by atoms with Crippen molar-refractivity contribution in [2.24, 2.45) is 0 Å². The fourth-order valence-corrected chi connectivity index (χ4v) is 2.22. The summed E-state index contributed by atoms with van der Waals surface area (Å²) in [6, 6.07) is 6.39. The summed E-state index contributed by atoms with van der Waals surface area (Å²) in [5, 5.41) is 12.0. The number of amides is 1. The van der Waals surface area contributed by atoms with Crippen molar-refractivity contribution < 1.29 is 14.7 Å². The van der Waals surface area contributed by atoms with Crippen LogP contribution in [0.5, 0.6) is 0 Å². The number of benzene rings is 1. The van der Waals surface area contributed by atoms with Gasteiger partial charge in [0.1, 0.15) is 6.04 Å². The molecule has 2 N–H and O–H groups in total. The normalized spacial score (nSPS) is 16.8. The van der Waals surface area contributed by atoms with Gasteiger partial charge in [0.25, 0.3) is 0 Å². The van der Waals surface area contributed by atoms with Crippen LogP contribution in [0.2, 0.25) is 0 Å². The minimum atomic E-state index is -0.999. The van der Waals surface area contributed by atoms with E-state index in [4.69, 9.17) is 6.42 Å². The summed E-state index contributed by atoms with van der Waals surface area (Å²) in [7, 11) is 0. The number of hydrogen-bond acceptors (Lipinski definition) is 3. The van der Waals surface area contributed by atoms with Crippen LogP contribution >= 0.6 is 0 Å². The molecule has 1 aliphatic heterocycles. The van der Waals surface area contributed by atoms with Crippen LogP contribution in [0.4, 0.5) is 5.69 Å². The number of terminal acetylenes is 1. The minimum absolute atomic E-state index is 0.0301. The highest BCUT2D eigenvalue weighted by atomic mass is 16.4. The van der Waals surface area contributed by atoms with E-state index in [9.17, 15) is 14.7 Å². The van der Waals surface area contributed by atoms with Gasteiger partial charge in [-0.25, -0.2) is 4.79 Å². The molecule has 0 aromatic heterocycles. The molecule has 0 radical (unpaired) electrons. The van der Waals surface area contributed by atoms with Crippen molar-refractivity contribution in [2.45, 2.75) is 12.5 Å². The molecule has 0 aliphatic carbocycles. The monoisotopic (exact) mass is 258 g/mol. The highest BCUT2D eigenvalue weighted by Crippen LogP contribution is 2.32. The zero-order valence-electron chi connectivity index (χ0n) is 10.3. The molecule has 1 aromatic rings. The highest BCUT2D eigenvalue weighted by Gasteiger charge is 2.37. The lowest BCUT2D eigenvalue weighted by atomic mass is 10.1. The third-order valence-electron chi connectivity index (χ3n) is 3.03. The Kier molecular flexibility index (Phi) is 3.83. The van der Waals surface area contributed by atoms with Crippen LogP contribution in [0.25, 0.3) is 0 Å². The Morgan fingerprint density at radius 2 is 2.21 bits per heavy atom. The van der Waals surface area contributed by atoms with Crippen molar-refractivity contribution in [3.63, 3.8) is 0 Å². The number of nitrogens with zero attached hydrogens (tertiary/aromatic N) is 1. The third-order valence-corrected chi connectivity index (χ3v) is 3.03. The van der Waals surface area contributed by atoms with Gasteiger partial charge in [-0.05, 0) is 11.6 Å². The number of carboxylic acids is 1. The number of fused-ring (bicyclic) bond motifs is 1. The van der Waals surface area contributed by atoms with E-state index < -0.39 is 12.0 Å². The van der Waals surface area contributed by atoms with Gasteiger partial charge in [0.15, 0.2) is 0 Å². The number of rotatable bonds is 4. The largest absolute Gasteiger partial charge is 0.480 e. The summed E-state index contributed by atoms with van der Waals surface area (Å²) in [5.41, 5.74) is 1.54. The first kappa shape index (κ1) is 13.1. The predicted octanol–water partition coefficient (Wildman–Crippen LogP) is 0.252. The molecule has 1 heterocycles. The second-order valence-corrected chi connectivity index (χ2v) is 4.26. The summed E-state index contributed by atoms with van der Waals surface area (Å²) in [6.07, 6.45) is 5.43. The average Bonchev–Trinajstić information content (AvgIpc) is 2.78. The van der Waals surface area contributed by atoms with Gasteiger partial charge in [-0.15, -0.1) is 6.42 Å². The summed E-state index contributed by atoms with van der Waals surface area (Å²) in [6.45, 7) is 0.307. The Balaban J connectivity index is 2.22. The van der Waals surface area contributed by atoms with Crippen molar-refractivity contribution in [2.75, 3.05) is 18.0 Å². The van der Waals surface area contributed by atoms with Crippen molar-refractivity contribution in [3.05, 3.63) is 29.8 Å². The maximum absolute atomic E-state index is 12.1. The lowest BCUT2D eigenvalue weighted by molar-refractivity contribution is -0.139. The number of carboxylic acid groups (broad SMARTS) is 1. The van der Waals surface area contributed by atoms with E-state index in [1.165, 1.54) is 4.90 Å². The van der Waals surface area contributed by atoms with Crippen molar-refractivity contribution in [3.8, 4) is 12.3 Å². The predicted molar refractivity (Wildman–Crippen MR) is 70.8 cm³/mol. The quantitative estimate of drug-likeness (QED) is 0.600. The first-order chi connectivity index (χ1) is 9.15. The number of aliphatic carboxylic acids is 1. The third kappa shape index (κ3) is 2.59. The molecule has 5 nitrogen and oxygen atoms in total. The summed E-state index contributed by atoms with van der Waals surface area (Å²) in [5.74, 6) is 1.09. The molecule has 0 spiro atoms. The molecule has 0 saturated heterocycles. The van der Waals surface area contributed by atoms with Crippen LogP contribution in [0.15, 0.2) is 24.3 Å². The van der Waals surface area contributed by atoms with Gasteiger partial charge in [0, 0.05) is 12.1 Å². The van der Waals surface area contributed by atoms with Crippen LogP contribution in [0, 0.1) is 12.3 Å². The fourth-order valence-electron chi connectivity index (χ4n) is 2.22. The summed E-state index contributed by atoms with van der Waals surface area (Å²) in [4.78, 5) is 24.7. The van der Waals surface area contributed by atoms with Gasteiger partial charge >= 0.3 is 5.97 Å². The smallest absolute Gasteiger partial charge is 0.327 e. The molecule has 1 aromatic carbocycles. The lowest BCUT2D eigenvalue weighted by Crippen LogP contribution is -2.46. The molecule has 1 atom stereocenters. The number of nitrogens with one attached hydrogen (secondary N) is 1. The first-order valence-electron chi connectivity index (χ1n) is 5.92. The van der Waals surface area contributed by atoms with Crippen molar-refractivity contribution in [1.82, 2.24) is 5.32 Å². The van der Waals surface area contributed by atoms with Crippen LogP contribution in [0.3, 0.4) is 0 Å². The van der Waals surface area contributed by atoms with Crippen molar-refractivity contribution >= 4 is 17.6 Å². The van der Waals surface area contributed by atoms with Crippen molar-refractivity contribution in [1.29, 1.82) is 0 Å². The van der Waals surface area contributed by atoms with Gasteiger partial charge in [-0.1, -0.05) is 24.1 Å². The van der Waals surface area contributed by atoms with E-state index in [-0.39, 0.29) is 19.0 Å². The molecule has 2 rings (SSSR count). The van der Waals surface area contributed by atoms with Crippen LogP contribution in [0.1, 0.15) is 5.56 Å². The Morgan fingerprint density at radius 1 is 1.47 bits per heavy atom. The topological polar surface area (TPSA) is 69.6 Å². The van der Waals surface area contributed by atoms with Gasteiger partial charge in [0.2, 0.25) is 5.91 Å². The van der Waals surface area contributed by atoms with Gasteiger partial charge < -0.3 is 5.11 Å². The molecule has 0 saturated carbocycles. The number of para-hydroxylation sites is 1. The lowest BCUT2D eigenvalue weighted by Gasteiger charge is -2.22. The van der Waals surface area contributed by atoms with Gasteiger partial charge in [-0.2, -0.15) is 0 Å². The van der Waals surface area contributed by atoms with E-state index >= 15 is 0 Å². The maximum atomic E-state index is 12.1. The molecule has 98 valence electrons.